The fourth-order valence-corrected chi connectivity index (χ4v) is 0.507. The van der Waals surface area contributed by atoms with Crippen LogP contribution in [0.1, 0.15) is 6.92 Å². The van der Waals surface area contributed by atoms with E-state index in [-0.39, 0.29) is 0 Å². The standard InChI is InChI=1S/C6H14N2O/c1-4-9-6(7)5-8(2)3/h7H,4-5H2,1-3H3. The van der Waals surface area contributed by atoms with E-state index < -0.39 is 0 Å². The lowest BCUT2D eigenvalue weighted by Gasteiger charge is -2.09. The largest absolute Gasteiger partial charge is 0.481 e. The van der Waals surface area contributed by atoms with Gasteiger partial charge in [0.25, 0.3) is 0 Å². The monoisotopic (exact) mass is 130 g/mol. The second-order valence-electron chi connectivity index (χ2n) is 2.09. The lowest BCUT2D eigenvalue weighted by atomic mass is 10.6. The minimum Gasteiger partial charge on any atom is -0.481 e. The highest BCUT2D eigenvalue weighted by molar-refractivity contribution is 5.74. The van der Waals surface area contributed by atoms with Crippen LogP contribution in [-0.4, -0.2) is 38.0 Å². The fourth-order valence-electron chi connectivity index (χ4n) is 0.507. The van der Waals surface area contributed by atoms with Gasteiger partial charge in [0, 0.05) is 0 Å². The van der Waals surface area contributed by atoms with Gasteiger partial charge in [-0.3, -0.25) is 5.41 Å². The molecule has 0 amide bonds. The summed E-state index contributed by atoms with van der Waals surface area (Å²) in [6.07, 6.45) is 0. The molecule has 0 aromatic carbocycles. The summed E-state index contributed by atoms with van der Waals surface area (Å²) in [5.41, 5.74) is 0. The van der Waals surface area contributed by atoms with Gasteiger partial charge < -0.3 is 9.64 Å². The van der Waals surface area contributed by atoms with Crippen LogP contribution in [-0.2, 0) is 4.74 Å². The van der Waals surface area contributed by atoms with E-state index in [1.165, 1.54) is 0 Å². The van der Waals surface area contributed by atoms with Gasteiger partial charge in [0.05, 0.1) is 13.2 Å². The number of likely N-dealkylation sites (N-methyl/N-ethyl adjacent to an activating group) is 1. The Hall–Kier alpha value is -0.570. The van der Waals surface area contributed by atoms with Crippen molar-refractivity contribution in [2.45, 2.75) is 6.92 Å². The van der Waals surface area contributed by atoms with E-state index in [1.54, 1.807) is 0 Å². The zero-order valence-corrected chi connectivity index (χ0v) is 6.27. The van der Waals surface area contributed by atoms with E-state index in [1.807, 2.05) is 25.9 Å². The first kappa shape index (κ1) is 8.43. The number of hydrogen-bond acceptors (Lipinski definition) is 3. The summed E-state index contributed by atoms with van der Waals surface area (Å²) < 4.78 is 4.89. The van der Waals surface area contributed by atoms with Crippen molar-refractivity contribution in [2.24, 2.45) is 0 Å². The maximum absolute atomic E-state index is 7.16. The lowest BCUT2D eigenvalue weighted by molar-refractivity contribution is 0.297. The quantitative estimate of drug-likeness (QED) is 0.447. The summed E-state index contributed by atoms with van der Waals surface area (Å²) in [6, 6.07) is 0. The number of nitrogens with zero attached hydrogens (tertiary/aromatic N) is 1. The summed E-state index contributed by atoms with van der Waals surface area (Å²) in [7, 11) is 3.82. The Bertz CT molecular complexity index is 91.1. The predicted octanol–water partition coefficient (Wildman–Crippen LogP) is 0.562. The molecule has 0 aliphatic heterocycles. The van der Waals surface area contributed by atoms with Crippen LogP contribution in [0, 0.1) is 5.41 Å². The molecule has 0 aliphatic carbocycles. The van der Waals surface area contributed by atoms with Crippen LogP contribution in [0.3, 0.4) is 0 Å². The Kier molecular flexibility index (Phi) is 4.05. The first-order chi connectivity index (χ1) is 4.16. The fraction of sp³-hybridized carbons (Fsp3) is 0.833. The van der Waals surface area contributed by atoms with E-state index in [9.17, 15) is 0 Å². The second-order valence-corrected chi connectivity index (χ2v) is 2.09. The van der Waals surface area contributed by atoms with Crippen LogP contribution < -0.4 is 0 Å². The van der Waals surface area contributed by atoms with Crippen molar-refractivity contribution in [3.05, 3.63) is 0 Å². The maximum Gasteiger partial charge on any atom is 0.194 e. The summed E-state index contributed by atoms with van der Waals surface area (Å²) in [5, 5.41) is 7.16. The third-order valence-corrected chi connectivity index (χ3v) is 0.778. The Morgan fingerprint density at radius 3 is 2.44 bits per heavy atom. The van der Waals surface area contributed by atoms with Gasteiger partial charge in [0.1, 0.15) is 0 Å². The molecular weight excluding hydrogens is 116 g/mol. The molecule has 0 atom stereocenters. The summed E-state index contributed by atoms with van der Waals surface area (Å²) in [6.45, 7) is 3.06. The van der Waals surface area contributed by atoms with E-state index in [2.05, 4.69) is 0 Å². The minimum absolute atomic E-state index is 0.336. The van der Waals surface area contributed by atoms with Crippen LogP contribution in [0.25, 0.3) is 0 Å². The molecule has 0 spiro atoms. The molecule has 0 saturated heterocycles. The Morgan fingerprint density at radius 2 is 2.11 bits per heavy atom. The smallest absolute Gasteiger partial charge is 0.194 e. The van der Waals surface area contributed by atoms with E-state index in [4.69, 9.17) is 10.1 Å². The van der Waals surface area contributed by atoms with E-state index in [0.29, 0.717) is 19.0 Å². The van der Waals surface area contributed by atoms with Gasteiger partial charge >= 0.3 is 0 Å². The van der Waals surface area contributed by atoms with Crippen molar-refractivity contribution in [2.75, 3.05) is 27.2 Å². The molecule has 0 saturated carbocycles. The molecule has 0 bridgehead atoms. The van der Waals surface area contributed by atoms with Crippen LogP contribution in [0.2, 0.25) is 0 Å². The molecule has 3 heteroatoms. The number of nitrogens with one attached hydrogen (secondary N) is 1. The Balaban J connectivity index is 3.27. The van der Waals surface area contributed by atoms with Gasteiger partial charge in [0.15, 0.2) is 5.90 Å². The van der Waals surface area contributed by atoms with Crippen LogP contribution in [0.5, 0.6) is 0 Å². The van der Waals surface area contributed by atoms with Gasteiger partial charge in [-0.05, 0) is 21.0 Å². The average Bonchev–Trinajstić information content (AvgIpc) is 1.63. The third-order valence-electron chi connectivity index (χ3n) is 0.778. The van der Waals surface area contributed by atoms with Crippen LogP contribution in [0.4, 0.5) is 0 Å². The Morgan fingerprint density at radius 1 is 1.56 bits per heavy atom. The zero-order valence-electron chi connectivity index (χ0n) is 6.27. The Labute approximate surface area is 56.1 Å². The van der Waals surface area contributed by atoms with Gasteiger partial charge in [-0.1, -0.05) is 0 Å². The molecule has 0 unspecified atom stereocenters. The minimum atomic E-state index is 0.336. The van der Waals surface area contributed by atoms with E-state index in [0.717, 1.165) is 0 Å². The molecule has 0 aromatic rings. The van der Waals surface area contributed by atoms with Gasteiger partial charge in [0.2, 0.25) is 0 Å². The predicted molar refractivity (Wildman–Crippen MR) is 37.9 cm³/mol. The van der Waals surface area contributed by atoms with Crippen molar-refractivity contribution in [3.63, 3.8) is 0 Å². The second kappa shape index (κ2) is 4.32. The third kappa shape index (κ3) is 5.30. The van der Waals surface area contributed by atoms with E-state index >= 15 is 0 Å². The van der Waals surface area contributed by atoms with Crippen LogP contribution >= 0.6 is 0 Å². The van der Waals surface area contributed by atoms with Crippen molar-refractivity contribution in [1.29, 1.82) is 5.41 Å². The van der Waals surface area contributed by atoms with Gasteiger partial charge in [-0.25, -0.2) is 0 Å². The topological polar surface area (TPSA) is 36.3 Å². The van der Waals surface area contributed by atoms with Gasteiger partial charge in [-0.2, -0.15) is 0 Å². The maximum atomic E-state index is 7.16. The molecule has 0 heterocycles. The molecule has 0 radical (unpaired) electrons. The number of rotatable bonds is 3. The molecule has 0 fully saturated rings. The zero-order chi connectivity index (χ0) is 7.28. The molecule has 0 rings (SSSR count). The summed E-state index contributed by atoms with van der Waals surface area (Å²) >= 11 is 0. The van der Waals surface area contributed by atoms with Crippen molar-refractivity contribution < 1.29 is 4.74 Å². The van der Waals surface area contributed by atoms with Crippen molar-refractivity contribution >= 4 is 5.90 Å². The SMILES string of the molecule is CCOC(=N)CN(C)C. The van der Waals surface area contributed by atoms with Gasteiger partial charge in [-0.15, -0.1) is 0 Å². The summed E-state index contributed by atoms with van der Waals surface area (Å²) in [4.78, 5) is 1.90. The number of hydrogen-bond donors (Lipinski definition) is 1. The summed E-state index contributed by atoms with van der Waals surface area (Å²) in [5.74, 6) is 0.336. The first-order valence-corrected chi connectivity index (χ1v) is 3.01. The molecule has 9 heavy (non-hydrogen) atoms. The lowest BCUT2D eigenvalue weighted by Crippen LogP contribution is -2.22. The molecule has 0 aliphatic rings. The van der Waals surface area contributed by atoms with Crippen LogP contribution in [0.15, 0.2) is 0 Å². The number of ether oxygens (including phenoxy) is 1. The molecule has 0 aromatic heterocycles. The molecule has 1 N–H and O–H groups in total. The average molecular weight is 130 g/mol. The molecule has 3 nitrogen and oxygen atoms in total. The molecule has 54 valence electrons. The van der Waals surface area contributed by atoms with Crippen molar-refractivity contribution in [1.82, 2.24) is 4.90 Å². The normalized spacial score (nSPS) is 9.78. The highest BCUT2D eigenvalue weighted by Gasteiger charge is 1.95. The first-order valence-electron chi connectivity index (χ1n) is 3.01. The van der Waals surface area contributed by atoms with Crippen molar-refractivity contribution in [3.8, 4) is 0 Å². The molecular formula is C6H14N2O. The highest BCUT2D eigenvalue weighted by Crippen LogP contribution is 1.80. The highest BCUT2D eigenvalue weighted by atomic mass is 16.5.